The Kier molecular flexibility index (Phi) is 4.82. The predicted molar refractivity (Wildman–Crippen MR) is 64.0 cm³/mol. The van der Waals surface area contributed by atoms with Crippen molar-refractivity contribution in [2.24, 2.45) is 11.8 Å². The van der Waals surface area contributed by atoms with E-state index in [1.165, 1.54) is 11.8 Å². The third-order valence-electron chi connectivity index (χ3n) is 3.57. The average Bonchev–Trinajstić information content (AvgIpc) is 2.26. The van der Waals surface area contributed by atoms with E-state index >= 15 is 0 Å². The first kappa shape index (κ1) is 15.1. The zero-order valence-electron chi connectivity index (χ0n) is 10.9. The van der Waals surface area contributed by atoms with Gasteiger partial charge in [0.2, 0.25) is 5.91 Å². The van der Waals surface area contributed by atoms with Gasteiger partial charge in [0.25, 0.3) is 0 Å². The Morgan fingerprint density at radius 3 is 2.22 bits per heavy atom. The number of halogens is 3. The van der Waals surface area contributed by atoms with Crippen LogP contribution in [0.2, 0.25) is 0 Å². The zero-order valence-corrected chi connectivity index (χ0v) is 10.9. The molecule has 1 amide bonds. The molecule has 1 heterocycles. The van der Waals surface area contributed by atoms with Crippen LogP contribution in [0, 0.1) is 11.8 Å². The summed E-state index contributed by atoms with van der Waals surface area (Å²) in [6.45, 7) is 7.48. The Balaban J connectivity index is 2.71. The Labute approximate surface area is 106 Å². The summed E-state index contributed by atoms with van der Waals surface area (Å²) in [5, 5.41) is 0. The van der Waals surface area contributed by atoms with Gasteiger partial charge in [-0.3, -0.25) is 4.79 Å². The van der Waals surface area contributed by atoms with Crippen LogP contribution in [0.4, 0.5) is 13.2 Å². The maximum atomic E-state index is 12.8. The van der Waals surface area contributed by atoms with Crippen LogP contribution in [0.15, 0.2) is 12.2 Å². The van der Waals surface area contributed by atoms with Crippen LogP contribution >= 0.6 is 0 Å². The maximum Gasteiger partial charge on any atom is 0.404 e. The van der Waals surface area contributed by atoms with Crippen molar-refractivity contribution in [3.8, 4) is 0 Å². The molecule has 1 fully saturated rings. The number of alkyl halides is 3. The van der Waals surface area contributed by atoms with Crippen molar-refractivity contribution in [1.29, 1.82) is 0 Å². The number of nitrogens with zero attached hydrogens (tertiary/aromatic N) is 1. The molecule has 0 aromatic carbocycles. The summed E-state index contributed by atoms with van der Waals surface area (Å²) in [6, 6.07) is 0. The molecule has 1 rings (SSSR count). The van der Waals surface area contributed by atoms with Gasteiger partial charge in [-0.2, -0.15) is 13.2 Å². The topological polar surface area (TPSA) is 20.3 Å². The first-order chi connectivity index (χ1) is 8.27. The second-order valence-electron chi connectivity index (χ2n) is 5.00. The number of carbonyl (C=O) groups is 1. The fourth-order valence-electron chi connectivity index (χ4n) is 2.37. The lowest BCUT2D eigenvalue weighted by Gasteiger charge is -2.34. The van der Waals surface area contributed by atoms with Gasteiger partial charge in [-0.25, -0.2) is 0 Å². The van der Waals surface area contributed by atoms with Gasteiger partial charge in [0.15, 0.2) is 5.92 Å². The van der Waals surface area contributed by atoms with E-state index in [1.54, 1.807) is 0 Å². The number of amides is 1. The van der Waals surface area contributed by atoms with Crippen molar-refractivity contribution in [3.05, 3.63) is 12.2 Å². The Hall–Kier alpha value is -1.00. The van der Waals surface area contributed by atoms with Gasteiger partial charge in [-0.15, -0.1) is 0 Å². The van der Waals surface area contributed by atoms with Crippen molar-refractivity contribution in [2.45, 2.75) is 39.3 Å². The number of rotatable bonds is 3. The van der Waals surface area contributed by atoms with Gasteiger partial charge >= 0.3 is 6.18 Å². The molecular formula is C13H20F3NO. The molecule has 1 atom stereocenters. The van der Waals surface area contributed by atoms with Crippen LogP contribution in [0.25, 0.3) is 0 Å². The Morgan fingerprint density at radius 2 is 1.89 bits per heavy atom. The molecule has 5 heteroatoms. The van der Waals surface area contributed by atoms with Crippen LogP contribution in [0.3, 0.4) is 0 Å². The second kappa shape index (κ2) is 5.76. The average molecular weight is 263 g/mol. The van der Waals surface area contributed by atoms with E-state index in [0.29, 0.717) is 19.0 Å². The molecule has 0 aliphatic carbocycles. The summed E-state index contributed by atoms with van der Waals surface area (Å²) in [5.41, 5.74) is -0.134. The van der Waals surface area contributed by atoms with E-state index < -0.39 is 18.0 Å². The molecule has 0 aromatic rings. The Bertz CT molecular complexity index is 317. The minimum absolute atomic E-state index is 0.134. The molecule has 104 valence electrons. The lowest BCUT2D eigenvalue weighted by atomic mass is 9.92. The molecule has 2 nitrogen and oxygen atoms in total. The largest absolute Gasteiger partial charge is 0.404 e. The molecule has 0 saturated carbocycles. The van der Waals surface area contributed by atoms with Gasteiger partial charge in [0.05, 0.1) is 0 Å². The van der Waals surface area contributed by atoms with E-state index in [1.807, 2.05) is 0 Å². The lowest BCUT2D eigenvalue weighted by molar-refractivity contribution is -0.182. The van der Waals surface area contributed by atoms with E-state index in [4.69, 9.17) is 0 Å². The molecule has 1 saturated heterocycles. The first-order valence-corrected chi connectivity index (χ1v) is 6.28. The number of piperidine rings is 1. The molecule has 0 aromatic heterocycles. The highest BCUT2D eigenvalue weighted by Crippen LogP contribution is 2.33. The van der Waals surface area contributed by atoms with E-state index in [9.17, 15) is 18.0 Å². The van der Waals surface area contributed by atoms with Gasteiger partial charge in [0, 0.05) is 13.1 Å². The maximum absolute atomic E-state index is 12.8. The van der Waals surface area contributed by atoms with E-state index in [-0.39, 0.29) is 5.57 Å². The monoisotopic (exact) mass is 263 g/mol. The lowest BCUT2D eigenvalue weighted by Crippen LogP contribution is -2.46. The fourth-order valence-corrected chi connectivity index (χ4v) is 2.37. The molecule has 0 spiro atoms. The van der Waals surface area contributed by atoms with E-state index in [0.717, 1.165) is 19.3 Å². The molecule has 0 bridgehead atoms. The minimum Gasteiger partial charge on any atom is -0.342 e. The summed E-state index contributed by atoms with van der Waals surface area (Å²) in [4.78, 5) is 13.3. The quantitative estimate of drug-likeness (QED) is 0.715. The molecule has 1 unspecified atom stereocenters. The molecular weight excluding hydrogens is 243 g/mol. The molecule has 1 aliphatic rings. The van der Waals surface area contributed by atoms with Gasteiger partial charge in [-0.1, -0.05) is 25.5 Å². The zero-order chi connectivity index (χ0) is 13.9. The van der Waals surface area contributed by atoms with Crippen molar-refractivity contribution in [3.63, 3.8) is 0 Å². The number of likely N-dealkylation sites (tertiary alicyclic amines) is 1. The summed E-state index contributed by atoms with van der Waals surface area (Å²) >= 11 is 0. The van der Waals surface area contributed by atoms with Crippen molar-refractivity contribution in [2.75, 3.05) is 13.1 Å². The number of hydrogen-bond acceptors (Lipinski definition) is 1. The highest BCUT2D eigenvalue weighted by molar-refractivity contribution is 5.82. The van der Waals surface area contributed by atoms with E-state index in [2.05, 4.69) is 13.5 Å². The minimum atomic E-state index is -4.54. The fraction of sp³-hybridized carbons (Fsp3) is 0.769. The summed E-state index contributed by atoms with van der Waals surface area (Å²) < 4.78 is 38.4. The normalized spacial score (nSPS) is 19.7. The van der Waals surface area contributed by atoms with Crippen LogP contribution in [0.5, 0.6) is 0 Å². The van der Waals surface area contributed by atoms with Gasteiger partial charge in [0.1, 0.15) is 0 Å². The highest BCUT2D eigenvalue weighted by Gasteiger charge is 2.47. The van der Waals surface area contributed by atoms with Crippen LogP contribution in [-0.4, -0.2) is 30.1 Å². The summed E-state index contributed by atoms with van der Waals surface area (Å²) in [7, 11) is 0. The van der Waals surface area contributed by atoms with Crippen molar-refractivity contribution in [1.82, 2.24) is 4.90 Å². The SMILES string of the molecule is C=C(C)C(C(=O)N1CCC(CC)CC1)C(F)(F)F. The standard InChI is InChI=1S/C13H20F3NO/c1-4-10-5-7-17(8-6-10)12(18)11(9(2)3)13(14,15)16/h10-11H,2,4-8H2,1,3H3. The summed E-state index contributed by atoms with van der Waals surface area (Å²) in [6.07, 6.45) is -1.93. The van der Waals surface area contributed by atoms with Crippen LogP contribution in [-0.2, 0) is 4.79 Å². The first-order valence-electron chi connectivity index (χ1n) is 6.28. The molecule has 0 radical (unpaired) electrons. The van der Waals surface area contributed by atoms with Crippen LogP contribution < -0.4 is 0 Å². The predicted octanol–water partition coefficient (Wildman–Crippen LogP) is 3.39. The van der Waals surface area contributed by atoms with Crippen LogP contribution in [0.1, 0.15) is 33.1 Å². The molecule has 0 N–H and O–H groups in total. The molecule has 18 heavy (non-hydrogen) atoms. The number of hydrogen-bond donors (Lipinski definition) is 0. The third-order valence-corrected chi connectivity index (χ3v) is 3.57. The van der Waals surface area contributed by atoms with Crippen molar-refractivity contribution < 1.29 is 18.0 Å². The molecule has 1 aliphatic heterocycles. The second-order valence-corrected chi connectivity index (χ2v) is 5.00. The van der Waals surface area contributed by atoms with Gasteiger partial charge < -0.3 is 4.90 Å². The Morgan fingerprint density at radius 1 is 1.39 bits per heavy atom. The highest BCUT2D eigenvalue weighted by atomic mass is 19.4. The van der Waals surface area contributed by atoms with Crippen molar-refractivity contribution >= 4 is 5.91 Å². The third kappa shape index (κ3) is 3.50. The summed E-state index contributed by atoms with van der Waals surface area (Å²) in [5.74, 6) is -2.36. The van der Waals surface area contributed by atoms with Gasteiger partial charge in [-0.05, 0) is 25.7 Å². The smallest absolute Gasteiger partial charge is 0.342 e. The number of carbonyl (C=O) groups excluding carboxylic acids is 1.